The Bertz CT molecular complexity index is 369. The van der Waals surface area contributed by atoms with Crippen LogP contribution in [0.1, 0.15) is 0 Å². The number of fused-ring (bicyclic) bond motifs is 1. The van der Waals surface area contributed by atoms with E-state index in [1.807, 2.05) is 0 Å². The molecule has 1 heterocycles. The molecule has 68 valence electrons. The molecule has 1 aromatic carbocycles. The van der Waals surface area contributed by atoms with Gasteiger partial charge in [0.2, 0.25) is 0 Å². The van der Waals surface area contributed by atoms with Crippen molar-refractivity contribution in [1.82, 2.24) is 0 Å². The van der Waals surface area contributed by atoms with E-state index >= 15 is 0 Å². The molecule has 0 aromatic heterocycles. The van der Waals surface area contributed by atoms with Crippen molar-refractivity contribution in [2.75, 3.05) is 5.32 Å². The summed E-state index contributed by atoms with van der Waals surface area (Å²) in [5, 5.41) is 3.33. The first kappa shape index (κ1) is 9.19. The van der Waals surface area contributed by atoms with Gasteiger partial charge in [0.1, 0.15) is 0 Å². The summed E-state index contributed by atoms with van der Waals surface area (Å²) in [7, 11) is 0. The van der Waals surface area contributed by atoms with Gasteiger partial charge in [0, 0.05) is 9.92 Å². The summed E-state index contributed by atoms with van der Waals surface area (Å²) >= 11 is 12.8. The van der Waals surface area contributed by atoms with Crippen molar-refractivity contribution in [3.63, 3.8) is 0 Å². The Morgan fingerprint density at radius 1 is 1.46 bits per heavy atom. The maximum absolute atomic E-state index is 11.1. The van der Waals surface area contributed by atoms with Gasteiger partial charge in [-0.3, -0.25) is 4.79 Å². The molecule has 1 atom stereocenters. The predicted octanol–water partition coefficient (Wildman–Crippen LogP) is 2.95. The SMILES string of the molecule is O=C1Nc2ccc(Cl)cc2SC1Cl. The lowest BCUT2D eigenvalue weighted by Gasteiger charge is -2.19. The molecule has 1 aromatic rings. The summed E-state index contributed by atoms with van der Waals surface area (Å²) in [5.74, 6) is -0.179. The van der Waals surface area contributed by atoms with Crippen LogP contribution in [0.5, 0.6) is 0 Å². The van der Waals surface area contributed by atoms with Crippen LogP contribution in [-0.4, -0.2) is 10.6 Å². The van der Waals surface area contributed by atoms with Crippen LogP contribution in [0.15, 0.2) is 23.1 Å². The zero-order valence-electron chi connectivity index (χ0n) is 6.38. The van der Waals surface area contributed by atoms with Gasteiger partial charge in [0.15, 0.2) is 4.71 Å². The Hall–Kier alpha value is -0.380. The minimum absolute atomic E-state index is 0.179. The Labute approximate surface area is 89.6 Å². The summed E-state index contributed by atoms with van der Waals surface area (Å²) < 4.78 is -0.564. The molecule has 1 amide bonds. The van der Waals surface area contributed by atoms with Crippen LogP contribution in [0.25, 0.3) is 0 Å². The van der Waals surface area contributed by atoms with E-state index in [0.29, 0.717) is 5.02 Å². The molecule has 0 saturated heterocycles. The van der Waals surface area contributed by atoms with E-state index in [4.69, 9.17) is 23.2 Å². The van der Waals surface area contributed by atoms with Gasteiger partial charge in [0.25, 0.3) is 5.91 Å². The molecule has 1 aliphatic heterocycles. The molecule has 0 spiro atoms. The highest BCUT2D eigenvalue weighted by molar-refractivity contribution is 8.02. The summed E-state index contributed by atoms with van der Waals surface area (Å²) in [6.07, 6.45) is 0. The first-order valence-corrected chi connectivity index (χ1v) is 5.27. The fraction of sp³-hybridized carbons (Fsp3) is 0.125. The Morgan fingerprint density at radius 2 is 2.23 bits per heavy atom. The molecule has 1 N–H and O–H groups in total. The predicted molar refractivity (Wildman–Crippen MR) is 55.6 cm³/mol. The third-order valence-corrected chi connectivity index (χ3v) is 3.35. The number of carbonyl (C=O) groups is 1. The van der Waals surface area contributed by atoms with Crippen molar-refractivity contribution >= 4 is 46.6 Å². The zero-order chi connectivity index (χ0) is 9.42. The molecule has 2 nitrogen and oxygen atoms in total. The number of hydrogen-bond acceptors (Lipinski definition) is 2. The minimum Gasteiger partial charge on any atom is -0.323 e. The quantitative estimate of drug-likeness (QED) is 0.699. The largest absolute Gasteiger partial charge is 0.323 e. The fourth-order valence-electron chi connectivity index (χ4n) is 1.05. The second kappa shape index (κ2) is 3.40. The monoisotopic (exact) mass is 233 g/mol. The fourth-order valence-corrected chi connectivity index (χ4v) is 2.46. The Kier molecular flexibility index (Phi) is 2.41. The second-order valence-electron chi connectivity index (χ2n) is 2.56. The number of thioether (sulfide) groups is 1. The standard InChI is InChI=1S/C8H5Cl2NOS/c9-4-1-2-5-6(3-4)13-7(10)8(12)11-5/h1-3,7H,(H,11,12). The van der Waals surface area contributed by atoms with Crippen LogP contribution in [-0.2, 0) is 4.79 Å². The van der Waals surface area contributed by atoms with Gasteiger partial charge in [-0.05, 0) is 18.2 Å². The van der Waals surface area contributed by atoms with E-state index in [-0.39, 0.29) is 5.91 Å². The molecule has 0 bridgehead atoms. The van der Waals surface area contributed by atoms with Crippen molar-refractivity contribution in [3.05, 3.63) is 23.2 Å². The molecule has 1 unspecified atom stereocenters. The first-order chi connectivity index (χ1) is 6.16. The second-order valence-corrected chi connectivity index (χ2v) is 4.84. The average molecular weight is 234 g/mol. The van der Waals surface area contributed by atoms with E-state index in [2.05, 4.69) is 5.32 Å². The molecule has 0 radical (unpaired) electrons. The lowest BCUT2D eigenvalue weighted by molar-refractivity contribution is -0.114. The van der Waals surface area contributed by atoms with Crippen LogP contribution >= 0.6 is 35.0 Å². The van der Waals surface area contributed by atoms with Gasteiger partial charge in [-0.25, -0.2) is 0 Å². The molecule has 0 aliphatic carbocycles. The molecule has 0 fully saturated rings. The molecule has 2 rings (SSSR count). The maximum atomic E-state index is 11.1. The zero-order valence-corrected chi connectivity index (χ0v) is 8.71. The maximum Gasteiger partial charge on any atom is 0.253 e. The first-order valence-electron chi connectivity index (χ1n) is 3.58. The number of carbonyl (C=O) groups excluding carboxylic acids is 1. The third-order valence-electron chi connectivity index (χ3n) is 1.64. The van der Waals surface area contributed by atoms with Gasteiger partial charge in [-0.2, -0.15) is 0 Å². The van der Waals surface area contributed by atoms with E-state index in [1.165, 1.54) is 11.8 Å². The van der Waals surface area contributed by atoms with Crippen LogP contribution in [0.4, 0.5) is 5.69 Å². The lowest BCUT2D eigenvalue weighted by atomic mass is 10.3. The van der Waals surface area contributed by atoms with Gasteiger partial charge < -0.3 is 5.32 Å². The molecule has 13 heavy (non-hydrogen) atoms. The van der Waals surface area contributed by atoms with Crippen LogP contribution in [0.3, 0.4) is 0 Å². The molecular weight excluding hydrogens is 229 g/mol. The number of alkyl halides is 1. The van der Waals surface area contributed by atoms with Crippen molar-refractivity contribution in [2.24, 2.45) is 0 Å². The average Bonchev–Trinajstić information content (AvgIpc) is 2.08. The third kappa shape index (κ3) is 1.77. The van der Waals surface area contributed by atoms with Crippen molar-refractivity contribution in [3.8, 4) is 0 Å². The van der Waals surface area contributed by atoms with Gasteiger partial charge >= 0.3 is 0 Å². The van der Waals surface area contributed by atoms with Crippen LogP contribution < -0.4 is 5.32 Å². The highest BCUT2D eigenvalue weighted by Crippen LogP contribution is 2.38. The van der Waals surface area contributed by atoms with Crippen LogP contribution in [0.2, 0.25) is 5.02 Å². The van der Waals surface area contributed by atoms with E-state index in [1.54, 1.807) is 18.2 Å². The number of benzene rings is 1. The summed E-state index contributed by atoms with van der Waals surface area (Å²) in [6, 6.07) is 5.29. The topological polar surface area (TPSA) is 29.1 Å². The number of rotatable bonds is 0. The van der Waals surface area contributed by atoms with Crippen molar-refractivity contribution in [1.29, 1.82) is 0 Å². The van der Waals surface area contributed by atoms with Crippen molar-refractivity contribution < 1.29 is 4.79 Å². The lowest BCUT2D eigenvalue weighted by Crippen LogP contribution is -2.24. The van der Waals surface area contributed by atoms with E-state index in [0.717, 1.165) is 10.6 Å². The Balaban J connectivity index is 2.42. The van der Waals surface area contributed by atoms with Crippen LogP contribution in [0, 0.1) is 0 Å². The number of anilines is 1. The molecular formula is C8H5Cl2NOS. The normalized spacial score (nSPS) is 20.8. The number of halogens is 2. The highest BCUT2D eigenvalue weighted by atomic mass is 35.5. The van der Waals surface area contributed by atoms with Gasteiger partial charge in [0.05, 0.1) is 5.69 Å². The van der Waals surface area contributed by atoms with Gasteiger partial charge in [-0.15, -0.1) is 0 Å². The number of amides is 1. The molecule has 1 aliphatic rings. The molecule has 5 heteroatoms. The molecule has 0 saturated carbocycles. The summed E-state index contributed by atoms with van der Waals surface area (Å²) in [4.78, 5) is 12.1. The number of nitrogens with one attached hydrogen (secondary N) is 1. The number of hydrogen-bond donors (Lipinski definition) is 1. The Morgan fingerprint density at radius 3 is 3.00 bits per heavy atom. The van der Waals surface area contributed by atoms with E-state index in [9.17, 15) is 4.79 Å². The smallest absolute Gasteiger partial charge is 0.253 e. The van der Waals surface area contributed by atoms with Gasteiger partial charge in [-0.1, -0.05) is 35.0 Å². The summed E-state index contributed by atoms with van der Waals surface area (Å²) in [6.45, 7) is 0. The van der Waals surface area contributed by atoms with Crippen molar-refractivity contribution in [2.45, 2.75) is 9.60 Å². The minimum atomic E-state index is -0.564. The highest BCUT2D eigenvalue weighted by Gasteiger charge is 2.24. The van der Waals surface area contributed by atoms with E-state index < -0.39 is 4.71 Å². The summed E-state index contributed by atoms with van der Waals surface area (Å²) in [5.41, 5.74) is 0.774.